The first-order valence-electron chi connectivity index (χ1n) is 5.92. The van der Waals surface area contributed by atoms with E-state index in [1.165, 1.54) is 11.8 Å². The summed E-state index contributed by atoms with van der Waals surface area (Å²) in [5.74, 6) is -3.14. The van der Waals surface area contributed by atoms with Gasteiger partial charge >= 0.3 is 11.9 Å². The number of carbonyl (C=O) groups excluding carboxylic acids is 1. The number of aliphatic carboxylic acids is 2. The lowest BCUT2D eigenvalue weighted by Crippen LogP contribution is -2.43. The highest BCUT2D eigenvalue weighted by Gasteiger charge is 2.22. The summed E-state index contributed by atoms with van der Waals surface area (Å²) in [5.41, 5.74) is 0.988. The van der Waals surface area contributed by atoms with Crippen molar-refractivity contribution < 1.29 is 24.6 Å². The summed E-state index contributed by atoms with van der Waals surface area (Å²) in [6, 6.07) is 4.19. The zero-order valence-electron chi connectivity index (χ0n) is 11.1. The van der Waals surface area contributed by atoms with E-state index in [0.717, 1.165) is 14.9 Å². The Morgan fingerprint density at radius 2 is 2.00 bits per heavy atom. The van der Waals surface area contributed by atoms with Crippen molar-refractivity contribution in [3.63, 3.8) is 0 Å². The first-order valence-corrected chi connectivity index (χ1v) is 7.70. The number of halogens is 1. The van der Waals surface area contributed by atoms with Gasteiger partial charge in [0.2, 0.25) is 5.91 Å². The van der Waals surface area contributed by atoms with Gasteiger partial charge in [0.25, 0.3) is 0 Å². The molecule has 8 heteroatoms. The first kappa shape index (κ1) is 17.5. The topological polar surface area (TPSA) is 104 Å². The Hall–Kier alpha value is -1.54. The summed E-state index contributed by atoms with van der Waals surface area (Å²) in [6.07, 6.45) is -0.650. The van der Waals surface area contributed by atoms with Crippen LogP contribution in [0.1, 0.15) is 12.0 Å². The van der Waals surface area contributed by atoms with Crippen molar-refractivity contribution in [2.24, 2.45) is 0 Å². The van der Waals surface area contributed by atoms with E-state index in [-0.39, 0.29) is 5.75 Å². The smallest absolute Gasteiger partial charge is 0.326 e. The van der Waals surface area contributed by atoms with Crippen LogP contribution in [-0.4, -0.2) is 39.9 Å². The molecule has 0 unspecified atom stereocenters. The number of rotatable bonds is 7. The van der Waals surface area contributed by atoms with Crippen LogP contribution >= 0.6 is 27.7 Å². The van der Waals surface area contributed by atoms with Crippen LogP contribution in [0, 0.1) is 6.92 Å². The van der Waals surface area contributed by atoms with Gasteiger partial charge in [0.05, 0.1) is 12.2 Å². The van der Waals surface area contributed by atoms with E-state index < -0.39 is 30.3 Å². The summed E-state index contributed by atoms with van der Waals surface area (Å²) in [7, 11) is 0. The molecule has 1 atom stereocenters. The second-order valence-electron chi connectivity index (χ2n) is 4.25. The summed E-state index contributed by atoms with van der Waals surface area (Å²) >= 11 is 4.60. The molecule has 6 nitrogen and oxygen atoms in total. The van der Waals surface area contributed by atoms with Gasteiger partial charge in [0, 0.05) is 9.37 Å². The van der Waals surface area contributed by atoms with Crippen molar-refractivity contribution in [2.75, 3.05) is 5.75 Å². The number of benzene rings is 1. The van der Waals surface area contributed by atoms with Crippen molar-refractivity contribution in [1.82, 2.24) is 5.32 Å². The monoisotopic (exact) mass is 375 g/mol. The number of carboxylic acid groups (broad SMARTS) is 2. The standard InChI is InChI=1S/C13H14BrNO5S/c1-7-4-8(14)2-3-10(7)21-6-11(16)15-9(13(19)20)5-12(17)18/h2-4,9H,5-6H2,1H3,(H,15,16)(H,17,18)(H,19,20)/t9-/m0/s1. The fourth-order valence-corrected chi connectivity index (χ4v) is 2.83. The molecule has 1 aromatic carbocycles. The highest BCUT2D eigenvalue weighted by atomic mass is 79.9. The lowest BCUT2D eigenvalue weighted by Gasteiger charge is -2.12. The SMILES string of the molecule is Cc1cc(Br)ccc1SCC(=O)N[C@@H](CC(=O)O)C(=O)O. The normalized spacial score (nSPS) is 11.7. The molecule has 0 radical (unpaired) electrons. The fourth-order valence-electron chi connectivity index (χ4n) is 1.53. The average molecular weight is 376 g/mol. The molecule has 114 valence electrons. The lowest BCUT2D eigenvalue weighted by atomic mass is 10.2. The number of nitrogens with one attached hydrogen (secondary N) is 1. The number of carbonyl (C=O) groups is 3. The molecule has 1 amide bonds. The zero-order chi connectivity index (χ0) is 16.0. The molecule has 0 heterocycles. The predicted molar refractivity (Wildman–Crippen MR) is 81.4 cm³/mol. The number of hydrogen-bond donors (Lipinski definition) is 3. The van der Waals surface area contributed by atoms with Crippen LogP contribution in [0.25, 0.3) is 0 Å². The third kappa shape index (κ3) is 6.17. The number of thioether (sulfide) groups is 1. The molecular formula is C13H14BrNO5S. The quantitative estimate of drug-likeness (QED) is 0.628. The summed E-state index contributed by atoms with van der Waals surface area (Å²) in [6.45, 7) is 1.90. The molecule has 21 heavy (non-hydrogen) atoms. The summed E-state index contributed by atoms with van der Waals surface area (Å²) < 4.78 is 0.932. The Bertz CT molecular complexity index is 563. The van der Waals surface area contributed by atoms with E-state index in [9.17, 15) is 14.4 Å². The zero-order valence-corrected chi connectivity index (χ0v) is 13.5. The van der Waals surface area contributed by atoms with Gasteiger partial charge in [-0.1, -0.05) is 15.9 Å². The van der Waals surface area contributed by atoms with Gasteiger partial charge < -0.3 is 15.5 Å². The van der Waals surface area contributed by atoms with E-state index in [1.807, 2.05) is 25.1 Å². The van der Waals surface area contributed by atoms with Gasteiger partial charge in [0.1, 0.15) is 6.04 Å². The molecule has 0 aromatic heterocycles. The van der Waals surface area contributed by atoms with Gasteiger partial charge in [0.15, 0.2) is 0 Å². The molecule has 0 aliphatic heterocycles. The summed E-state index contributed by atoms with van der Waals surface area (Å²) in [5, 5.41) is 19.6. The molecule has 0 aliphatic carbocycles. The highest BCUT2D eigenvalue weighted by molar-refractivity contribution is 9.10. The Labute approximate surface area is 134 Å². The molecule has 0 bridgehead atoms. The second-order valence-corrected chi connectivity index (χ2v) is 6.19. The van der Waals surface area contributed by atoms with E-state index >= 15 is 0 Å². The van der Waals surface area contributed by atoms with Gasteiger partial charge in [-0.05, 0) is 30.7 Å². The fraction of sp³-hybridized carbons (Fsp3) is 0.308. The van der Waals surface area contributed by atoms with Crippen molar-refractivity contribution in [3.8, 4) is 0 Å². The molecule has 0 spiro atoms. The molecule has 0 aliphatic rings. The van der Waals surface area contributed by atoms with Crippen LogP contribution in [-0.2, 0) is 14.4 Å². The molecular weight excluding hydrogens is 362 g/mol. The van der Waals surface area contributed by atoms with Gasteiger partial charge in [-0.2, -0.15) is 0 Å². The molecule has 1 rings (SSSR count). The Kier molecular flexibility index (Phi) is 6.70. The minimum Gasteiger partial charge on any atom is -0.481 e. The van der Waals surface area contributed by atoms with Crippen molar-refractivity contribution in [2.45, 2.75) is 24.3 Å². The minimum atomic E-state index is -1.42. The van der Waals surface area contributed by atoms with Gasteiger partial charge in [-0.3, -0.25) is 9.59 Å². The molecule has 0 saturated carbocycles. The largest absolute Gasteiger partial charge is 0.481 e. The van der Waals surface area contributed by atoms with E-state index in [1.54, 1.807) is 0 Å². The lowest BCUT2D eigenvalue weighted by molar-refractivity contribution is -0.147. The minimum absolute atomic E-state index is 0.0197. The van der Waals surface area contributed by atoms with Crippen LogP contribution in [0.5, 0.6) is 0 Å². The Morgan fingerprint density at radius 3 is 2.52 bits per heavy atom. The number of amides is 1. The predicted octanol–water partition coefficient (Wildman–Crippen LogP) is 1.89. The maximum absolute atomic E-state index is 11.7. The highest BCUT2D eigenvalue weighted by Crippen LogP contribution is 2.25. The van der Waals surface area contributed by atoms with Crippen LogP contribution in [0.3, 0.4) is 0 Å². The van der Waals surface area contributed by atoms with Crippen molar-refractivity contribution in [3.05, 3.63) is 28.2 Å². The van der Waals surface area contributed by atoms with E-state index in [2.05, 4.69) is 21.2 Å². The van der Waals surface area contributed by atoms with Crippen molar-refractivity contribution in [1.29, 1.82) is 0 Å². The number of aryl methyl sites for hydroxylation is 1. The molecule has 0 fully saturated rings. The number of carboxylic acids is 2. The molecule has 1 aromatic rings. The van der Waals surface area contributed by atoms with Gasteiger partial charge in [-0.25, -0.2) is 4.79 Å². The van der Waals surface area contributed by atoms with Crippen molar-refractivity contribution >= 4 is 45.5 Å². The third-order valence-corrected chi connectivity index (χ3v) is 4.18. The van der Waals surface area contributed by atoms with Crippen LogP contribution < -0.4 is 5.32 Å². The Morgan fingerprint density at radius 1 is 1.33 bits per heavy atom. The molecule has 3 N–H and O–H groups in total. The molecule has 0 saturated heterocycles. The average Bonchev–Trinajstić information content (AvgIpc) is 2.36. The number of hydrogen-bond acceptors (Lipinski definition) is 4. The van der Waals surface area contributed by atoms with Crippen LogP contribution in [0.2, 0.25) is 0 Å². The maximum Gasteiger partial charge on any atom is 0.326 e. The summed E-state index contributed by atoms with van der Waals surface area (Å²) in [4.78, 5) is 34.0. The third-order valence-electron chi connectivity index (χ3n) is 2.51. The van der Waals surface area contributed by atoms with Gasteiger partial charge in [-0.15, -0.1) is 11.8 Å². The van der Waals surface area contributed by atoms with Crippen LogP contribution in [0.15, 0.2) is 27.6 Å². The maximum atomic E-state index is 11.7. The second kappa shape index (κ2) is 8.04. The first-order chi connectivity index (χ1) is 9.79. The van der Waals surface area contributed by atoms with E-state index in [0.29, 0.717) is 0 Å². The Balaban J connectivity index is 2.56. The van der Waals surface area contributed by atoms with Crippen LogP contribution in [0.4, 0.5) is 0 Å². The van der Waals surface area contributed by atoms with E-state index in [4.69, 9.17) is 10.2 Å².